The Hall–Kier alpha value is -1.26. The lowest BCUT2D eigenvalue weighted by Crippen LogP contribution is -2.49. The summed E-state index contributed by atoms with van der Waals surface area (Å²) in [5.74, 6) is 0.549. The molecule has 1 aliphatic carbocycles. The van der Waals surface area contributed by atoms with Gasteiger partial charge in [0, 0.05) is 55.9 Å². The molecule has 3 rings (SSSR count). The minimum absolute atomic E-state index is 0.256. The van der Waals surface area contributed by atoms with E-state index in [1.165, 1.54) is 12.1 Å². The van der Waals surface area contributed by atoms with Gasteiger partial charge in [-0.15, -0.1) is 0 Å². The molecule has 0 aromatic heterocycles. The van der Waals surface area contributed by atoms with Crippen molar-refractivity contribution in [2.75, 3.05) is 44.2 Å². The highest BCUT2D eigenvalue weighted by molar-refractivity contribution is 6.30. The van der Waals surface area contributed by atoms with Crippen LogP contribution in [-0.4, -0.2) is 50.1 Å². The Labute approximate surface area is 137 Å². The van der Waals surface area contributed by atoms with Crippen molar-refractivity contribution in [3.8, 4) is 0 Å². The van der Waals surface area contributed by atoms with Crippen LogP contribution in [0.3, 0.4) is 0 Å². The summed E-state index contributed by atoms with van der Waals surface area (Å²) in [7, 11) is 0. The molecule has 2 fully saturated rings. The first-order valence-electron chi connectivity index (χ1n) is 8.23. The van der Waals surface area contributed by atoms with Crippen LogP contribution in [0.15, 0.2) is 24.3 Å². The molecule has 1 aliphatic heterocycles. The van der Waals surface area contributed by atoms with Gasteiger partial charge in [0.1, 0.15) is 0 Å². The standard InChI is InChI=1S/C17H24ClN3O/c18-15-4-6-16(7-5-15)21-12-10-20(11-13-21)9-8-19-17(22)14-2-1-3-14/h4-7,14H,1-3,8-13H2,(H,19,22). The Morgan fingerprint density at radius 2 is 1.82 bits per heavy atom. The van der Waals surface area contributed by atoms with Crippen LogP contribution in [0.1, 0.15) is 19.3 Å². The van der Waals surface area contributed by atoms with Gasteiger partial charge in [-0.2, -0.15) is 0 Å². The summed E-state index contributed by atoms with van der Waals surface area (Å²) in [4.78, 5) is 16.6. The number of halogens is 1. The lowest BCUT2D eigenvalue weighted by Gasteiger charge is -2.36. The Morgan fingerprint density at radius 1 is 1.14 bits per heavy atom. The number of benzene rings is 1. The molecule has 1 saturated carbocycles. The van der Waals surface area contributed by atoms with Gasteiger partial charge in [0.15, 0.2) is 0 Å². The number of piperazine rings is 1. The molecule has 2 aliphatic rings. The molecule has 0 radical (unpaired) electrons. The highest BCUT2D eigenvalue weighted by Gasteiger charge is 2.25. The smallest absolute Gasteiger partial charge is 0.223 e. The molecule has 120 valence electrons. The molecule has 0 spiro atoms. The Kier molecular flexibility index (Phi) is 5.21. The Bertz CT molecular complexity index is 493. The second-order valence-electron chi connectivity index (χ2n) is 6.22. The molecule has 1 aromatic rings. The maximum atomic E-state index is 11.8. The summed E-state index contributed by atoms with van der Waals surface area (Å²) in [6.45, 7) is 5.86. The Balaban J connectivity index is 1.36. The average Bonchev–Trinajstić information content (AvgIpc) is 2.47. The molecule has 0 bridgehead atoms. The van der Waals surface area contributed by atoms with E-state index in [0.717, 1.165) is 57.1 Å². The predicted octanol–water partition coefficient (Wildman–Crippen LogP) is 2.38. The maximum Gasteiger partial charge on any atom is 0.223 e. The van der Waals surface area contributed by atoms with E-state index in [2.05, 4.69) is 27.2 Å². The van der Waals surface area contributed by atoms with Crippen LogP contribution in [0.4, 0.5) is 5.69 Å². The van der Waals surface area contributed by atoms with E-state index in [1.807, 2.05) is 12.1 Å². The molecule has 1 aromatic carbocycles. The molecule has 1 heterocycles. The fraction of sp³-hybridized carbons (Fsp3) is 0.588. The van der Waals surface area contributed by atoms with Crippen molar-refractivity contribution in [1.82, 2.24) is 10.2 Å². The number of rotatable bonds is 5. The third-order valence-corrected chi connectivity index (χ3v) is 5.02. The summed E-state index contributed by atoms with van der Waals surface area (Å²) in [5, 5.41) is 3.85. The minimum Gasteiger partial charge on any atom is -0.369 e. The summed E-state index contributed by atoms with van der Waals surface area (Å²) < 4.78 is 0. The minimum atomic E-state index is 0.256. The maximum absolute atomic E-state index is 11.8. The van der Waals surface area contributed by atoms with E-state index < -0.39 is 0 Å². The van der Waals surface area contributed by atoms with Crippen molar-refractivity contribution in [2.45, 2.75) is 19.3 Å². The van der Waals surface area contributed by atoms with E-state index in [-0.39, 0.29) is 5.91 Å². The van der Waals surface area contributed by atoms with Crippen LogP contribution < -0.4 is 10.2 Å². The highest BCUT2D eigenvalue weighted by atomic mass is 35.5. The van der Waals surface area contributed by atoms with E-state index in [9.17, 15) is 4.79 Å². The second-order valence-corrected chi connectivity index (χ2v) is 6.66. The van der Waals surface area contributed by atoms with Crippen LogP contribution in [-0.2, 0) is 4.79 Å². The largest absolute Gasteiger partial charge is 0.369 e. The summed E-state index contributed by atoms with van der Waals surface area (Å²) in [5.41, 5.74) is 1.24. The lowest BCUT2D eigenvalue weighted by atomic mass is 9.85. The second kappa shape index (κ2) is 7.34. The van der Waals surface area contributed by atoms with Crippen LogP contribution in [0, 0.1) is 5.92 Å². The predicted molar refractivity (Wildman–Crippen MR) is 90.5 cm³/mol. The molecule has 5 heteroatoms. The van der Waals surface area contributed by atoms with E-state index in [0.29, 0.717) is 5.92 Å². The fourth-order valence-corrected chi connectivity index (χ4v) is 3.16. The van der Waals surface area contributed by atoms with Gasteiger partial charge in [0.05, 0.1) is 0 Å². The van der Waals surface area contributed by atoms with Crippen molar-refractivity contribution in [1.29, 1.82) is 0 Å². The van der Waals surface area contributed by atoms with Gasteiger partial charge in [-0.25, -0.2) is 0 Å². The summed E-state index contributed by atoms with van der Waals surface area (Å²) in [6.07, 6.45) is 3.36. The first-order valence-corrected chi connectivity index (χ1v) is 8.61. The number of hydrogen-bond donors (Lipinski definition) is 1. The quantitative estimate of drug-likeness (QED) is 0.904. The van der Waals surface area contributed by atoms with E-state index >= 15 is 0 Å². The van der Waals surface area contributed by atoms with Gasteiger partial charge < -0.3 is 10.2 Å². The van der Waals surface area contributed by atoms with Crippen LogP contribution >= 0.6 is 11.6 Å². The SMILES string of the molecule is O=C(NCCN1CCN(c2ccc(Cl)cc2)CC1)C1CCC1. The van der Waals surface area contributed by atoms with Crippen molar-refractivity contribution in [2.24, 2.45) is 5.92 Å². The molecule has 1 amide bonds. The van der Waals surface area contributed by atoms with Crippen molar-refractivity contribution in [3.63, 3.8) is 0 Å². The van der Waals surface area contributed by atoms with Crippen LogP contribution in [0.5, 0.6) is 0 Å². The number of hydrogen-bond acceptors (Lipinski definition) is 3. The monoisotopic (exact) mass is 321 g/mol. The number of nitrogens with one attached hydrogen (secondary N) is 1. The number of anilines is 1. The van der Waals surface area contributed by atoms with Gasteiger partial charge in [-0.05, 0) is 37.1 Å². The topological polar surface area (TPSA) is 35.6 Å². The van der Waals surface area contributed by atoms with E-state index in [1.54, 1.807) is 0 Å². The number of carbonyl (C=O) groups is 1. The zero-order chi connectivity index (χ0) is 15.4. The molecule has 0 atom stereocenters. The fourth-order valence-electron chi connectivity index (χ4n) is 3.03. The molecule has 4 nitrogen and oxygen atoms in total. The third-order valence-electron chi connectivity index (χ3n) is 4.77. The molecule has 1 saturated heterocycles. The number of nitrogens with zero attached hydrogens (tertiary/aromatic N) is 2. The van der Waals surface area contributed by atoms with Crippen molar-refractivity contribution in [3.05, 3.63) is 29.3 Å². The first-order chi connectivity index (χ1) is 10.7. The molecular weight excluding hydrogens is 298 g/mol. The molecule has 1 N–H and O–H groups in total. The normalized spacial score (nSPS) is 19.8. The first kappa shape index (κ1) is 15.6. The summed E-state index contributed by atoms with van der Waals surface area (Å²) in [6, 6.07) is 8.05. The van der Waals surface area contributed by atoms with Gasteiger partial charge in [-0.1, -0.05) is 18.0 Å². The third kappa shape index (κ3) is 3.93. The lowest BCUT2D eigenvalue weighted by molar-refractivity contribution is -0.127. The number of carbonyl (C=O) groups excluding carboxylic acids is 1. The Morgan fingerprint density at radius 3 is 2.41 bits per heavy atom. The van der Waals surface area contributed by atoms with Crippen LogP contribution in [0.2, 0.25) is 5.02 Å². The zero-order valence-electron chi connectivity index (χ0n) is 12.9. The average molecular weight is 322 g/mol. The van der Waals surface area contributed by atoms with Gasteiger partial charge in [0.2, 0.25) is 5.91 Å². The highest BCUT2D eigenvalue weighted by Crippen LogP contribution is 2.26. The van der Waals surface area contributed by atoms with Gasteiger partial charge in [-0.3, -0.25) is 9.69 Å². The molecular formula is C17H24ClN3O. The van der Waals surface area contributed by atoms with Gasteiger partial charge in [0.25, 0.3) is 0 Å². The molecule has 0 unspecified atom stereocenters. The molecule has 22 heavy (non-hydrogen) atoms. The van der Waals surface area contributed by atoms with Crippen molar-refractivity contribution >= 4 is 23.2 Å². The zero-order valence-corrected chi connectivity index (χ0v) is 13.7. The van der Waals surface area contributed by atoms with E-state index in [4.69, 9.17) is 11.6 Å². The van der Waals surface area contributed by atoms with Crippen molar-refractivity contribution < 1.29 is 4.79 Å². The summed E-state index contributed by atoms with van der Waals surface area (Å²) >= 11 is 5.93. The van der Waals surface area contributed by atoms with Gasteiger partial charge >= 0.3 is 0 Å². The van der Waals surface area contributed by atoms with Crippen LogP contribution in [0.25, 0.3) is 0 Å². The number of amides is 1.